The van der Waals surface area contributed by atoms with Gasteiger partial charge in [-0.3, -0.25) is 0 Å². The summed E-state index contributed by atoms with van der Waals surface area (Å²) in [5.74, 6) is 0.364. The lowest BCUT2D eigenvalue weighted by Gasteiger charge is -2.20. The zero-order chi connectivity index (χ0) is 11.8. The summed E-state index contributed by atoms with van der Waals surface area (Å²) in [4.78, 5) is 11.3. The van der Waals surface area contributed by atoms with Crippen LogP contribution in [0, 0.1) is 0 Å². The predicted octanol–water partition coefficient (Wildman–Crippen LogP) is 2.08. The molecule has 2 heterocycles. The summed E-state index contributed by atoms with van der Waals surface area (Å²) in [5.41, 5.74) is 1.98. The van der Waals surface area contributed by atoms with Crippen LogP contribution in [0.15, 0.2) is 24.3 Å². The van der Waals surface area contributed by atoms with Gasteiger partial charge in [-0.25, -0.2) is 4.79 Å². The van der Waals surface area contributed by atoms with E-state index in [2.05, 4.69) is 17.4 Å². The summed E-state index contributed by atoms with van der Waals surface area (Å²) in [6.07, 6.45) is 3.84. The van der Waals surface area contributed by atoms with Crippen molar-refractivity contribution in [2.24, 2.45) is 0 Å². The molecule has 3 rings (SSSR count). The van der Waals surface area contributed by atoms with Crippen LogP contribution in [-0.4, -0.2) is 25.2 Å². The van der Waals surface area contributed by atoms with Crippen molar-refractivity contribution in [3.63, 3.8) is 0 Å². The molecule has 3 heteroatoms. The Labute approximate surface area is 101 Å². The van der Waals surface area contributed by atoms with Gasteiger partial charge in [0.1, 0.15) is 0 Å². The van der Waals surface area contributed by atoms with Gasteiger partial charge in [-0.2, -0.15) is 0 Å². The summed E-state index contributed by atoms with van der Waals surface area (Å²) >= 11 is 0. The van der Waals surface area contributed by atoms with Crippen LogP contribution in [0.25, 0.3) is 0 Å². The van der Waals surface area contributed by atoms with E-state index in [-0.39, 0.29) is 5.97 Å². The molecule has 0 radical (unpaired) electrons. The molecule has 3 nitrogen and oxygen atoms in total. The van der Waals surface area contributed by atoms with Crippen molar-refractivity contribution in [1.29, 1.82) is 0 Å². The molecule has 2 bridgehead atoms. The fourth-order valence-electron chi connectivity index (χ4n) is 3.18. The van der Waals surface area contributed by atoms with E-state index >= 15 is 0 Å². The first-order valence-corrected chi connectivity index (χ1v) is 6.22. The third-order valence-electron chi connectivity index (χ3n) is 4.06. The second kappa shape index (κ2) is 4.15. The summed E-state index contributed by atoms with van der Waals surface area (Å²) in [6.45, 7) is 0. The van der Waals surface area contributed by atoms with Gasteiger partial charge in [-0.15, -0.1) is 0 Å². The SMILES string of the molecule is COC(=O)c1ccc(C2CC3CCC2N3)cc1. The van der Waals surface area contributed by atoms with Gasteiger partial charge in [0.25, 0.3) is 0 Å². The maximum atomic E-state index is 11.3. The molecule has 0 aliphatic carbocycles. The summed E-state index contributed by atoms with van der Waals surface area (Å²) in [5, 5.41) is 3.63. The van der Waals surface area contributed by atoms with Crippen LogP contribution >= 0.6 is 0 Å². The fraction of sp³-hybridized carbons (Fsp3) is 0.500. The Morgan fingerprint density at radius 3 is 2.59 bits per heavy atom. The van der Waals surface area contributed by atoms with E-state index in [1.165, 1.54) is 31.9 Å². The third-order valence-corrected chi connectivity index (χ3v) is 4.06. The minimum atomic E-state index is -0.261. The summed E-state index contributed by atoms with van der Waals surface area (Å²) in [6, 6.07) is 9.23. The van der Waals surface area contributed by atoms with Crippen LogP contribution in [0.4, 0.5) is 0 Å². The van der Waals surface area contributed by atoms with Crippen LogP contribution in [0.1, 0.15) is 41.1 Å². The molecule has 17 heavy (non-hydrogen) atoms. The summed E-state index contributed by atoms with van der Waals surface area (Å²) in [7, 11) is 1.41. The lowest BCUT2D eigenvalue weighted by molar-refractivity contribution is 0.0600. The molecular weight excluding hydrogens is 214 g/mol. The molecule has 1 aromatic rings. The van der Waals surface area contributed by atoms with Gasteiger partial charge in [0, 0.05) is 18.0 Å². The van der Waals surface area contributed by atoms with E-state index in [0.717, 1.165) is 0 Å². The van der Waals surface area contributed by atoms with Crippen LogP contribution in [0.3, 0.4) is 0 Å². The number of carbonyl (C=O) groups is 1. The average Bonchev–Trinajstić information content (AvgIpc) is 3.00. The standard InChI is InChI=1S/C14H17NO2/c1-17-14(16)10-4-2-9(3-5-10)12-8-11-6-7-13(12)15-11/h2-5,11-13,15H,6-8H2,1H3. The smallest absolute Gasteiger partial charge is 0.337 e. The molecule has 90 valence electrons. The Balaban J connectivity index is 1.78. The molecule has 3 atom stereocenters. The number of benzene rings is 1. The fourth-order valence-corrected chi connectivity index (χ4v) is 3.18. The molecule has 1 aromatic carbocycles. The van der Waals surface area contributed by atoms with Crippen molar-refractivity contribution >= 4 is 5.97 Å². The molecule has 0 amide bonds. The van der Waals surface area contributed by atoms with Crippen molar-refractivity contribution in [2.45, 2.75) is 37.3 Å². The molecule has 2 saturated heterocycles. The molecular formula is C14H17NO2. The summed E-state index contributed by atoms with van der Waals surface area (Å²) < 4.78 is 4.70. The molecule has 3 unspecified atom stereocenters. The zero-order valence-electron chi connectivity index (χ0n) is 9.98. The predicted molar refractivity (Wildman–Crippen MR) is 65.1 cm³/mol. The van der Waals surface area contributed by atoms with Gasteiger partial charge < -0.3 is 10.1 Å². The quantitative estimate of drug-likeness (QED) is 0.792. The second-order valence-corrected chi connectivity index (χ2v) is 5.00. The average molecular weight is 231 g/mol. The van der Waals surface area contributed by atoms with Crippen LogP contribution < -0.4 is 5.32 Å². The molecule has 2 aliphatic heterocycles. The van der Waals surface area contributed by atoms with E-state index in [4.69, 9.17) is 4.74 Å². The number of esters is 1. The highest BCUT2D eigenvalue weighted by Crippen LogP contribution is 2.39. The maximum Gasteiger partial charge on any atom is 0.337 e. The van der Waals surface area contributed by atoms with Crippen molar-refractivity contribution in [3.8, 4) is 0 Å². The number of methoxy groups -OCH3 is 1. The Hall–Kier alpha value is -1.35. The van der Waals surface area contributed by atoms with Crippen LogP contribution in [0.5, 0.6) is 0 Å². The van der Waals surface area contributed by atoms with E-state index in [1.54, 1.807) is 0 Å². The molecule has 0 spiro atoms. The minimum absolute atomic E-state index is 0.261. The van der Waals surface area contributed by atoms with Gasteiger partial charge in [-0.05, 0) is 37.0 Å². The van der Waals surface area contributed by atoms with Crippen LogP contribution in [-0.2, 0) is 4.74 Å². The Kier molecular flexibility index (Phi) is 2.63. The number of hydrogen-bond acceptors (Lipinski definition) is 3. The Bertz CT molecular complexity index is 426. The molecule has 1 N–H and O–H groups in total. The van der Waals surface area contributed by atoms with E-state index < -0.39 is 0 Å². The van der Waals surface area contributed by atoms with E-state index in [0.29, 0.717) is 23.6 Å². The first-order chi connectivity index (χ1) is 8.28. The monoisotopic (exact) mass is 231 g/mol. The normalized spacial score (nSPS) is 30.5. The zero-order valence-corrected chi connectivity index (χ0v) is 9.98. The topological polar surface area (TPSA) is 38.3 Å². The highest BCUT2D eigenvalue weighted by Gasteiger charge is 2.39. The van der Waals surface area contributed by atoms with Gasteiger partial charge in [0.15, 0.2) is 0 Å². The van der Waals surface area contributed by atoms with Crippen molar-refractivity contribution in [1.82, 2.24) is 5.32 Å². The second-order valence-electron chi connectivity index (χ2n) is 5.00. The number of hydrogen-bond donors (Lipinski definition) is 1. The first kappa shape index (κ1) is 10.8. The van der Waals surface area contributed by atoms with E-state index in [1.807, 2.05) is 12.1 Å². The minimum Gasteiger partial charge on any atom is -0.465 e. The molecule has 2 fully saturated rings. The van der Waals surface area contributed by atoms with Gasteiger partial charge in [0.05, 0.1) is 12.7 Å². The highest BCUT2D eigenvalue weighted by atomic mass is 16.5. The number of rotatable bonds is 2. The maximum absolute atomic E-state index is 11.3. The van der Waals surface area contributed by atoms with Gasteiger partial charge >= 0.3 is 5.97 Å². The van der Waals surface area contributed by atoms with Crippen molar-refractivity contribution in [2.75, 3.05) is 7.11 Å². The van der Waals surface area contributed by atoms with Crippen molar-refractivity contribution in [3.05, 3.63) is 35.4 Å². The number of nitrogens with one attached hydrogen (secondary N) is 1. The molecule has 2 aliphatic rings. The molecule has 0 saturated carbocycles. The third kappa shape index (κ3) is 1.84. The number of fused-ring (bicyclic) bond motifs is 2. The van der Waals surface area contributed by atoms with Crippen molar-refractivity contribution < 1.29 is 9.53 Å². The van der Waals surface area contributed by atoms with Gasteiger partial charge in [0.2, 0.25) is 0 Å². The lowest BCUT2D eigenvalue weighted by Crippen LogP contribution is -2.21. The van der Waals surface area contributed by atoms with Crippen LogP contribution in [0.2, 0.25) is 0 Å². The Morgan fingerprint density at radius 1 is 1.29 bits per heavy atom. The highest BCUT2D eigenvalue weighted by molar-refractivity contribution is 5.89. The first-order valence-electron chi connectivity index (χ1n) is 6.22. The lowest BCUT2D eigenvalue weighted by atomic mass is 9.84. The van der Waals surface area contributed by atoms with Gasteiger partial charge in [-0.1, -0.05) is 12.1 Å². The number of carbonyl (C=O) groups excluding carboxylic acids is 1. The van der Waals surface area contributed by atoms with E-state index in [9.17, 15) is 4.79 Å². The Morgan fingerprint density at radius 2 is 2.06 bits per heavy atom. The largest absolute Gasteiger partial charge is 0.465 e. The molecule has 0 aromatic heterocycles. The number of ether oxygens (including phenoxy) is 1.